The lowest BCUT2D eigenvalue weighted by molar-refractivity contribution is -0.0616. The van der Waals surface area contributed by atoms with E-state index in [2.05, 4.69) is 26.0 Å². The number of ether oxygens (including phenoxy) is 2. The van der Waals surface area contributed by atoms with E-state index in [1.807, 2.05) is 0 Å². The molecule has 2 atom stereocenters. The zero-order valence-corrected chi connectivity index (χ0v) is 8.27. The van der Waals surface area contributed by atoms with Gasteiger partial charge in [0.1, 0.15) is 6.10 Å². The van der Waals surface area contributed by atoms with Crippen LogP contribution in [0.4, 0.5) is 0 Å². The van der Waals surface area contributed by atoms with E-state index in [0.717, 1.165) is 6.42 Å². The molecule has 3 nitrogen and oxygen atoms in total. The summed E-state index contributed by atoms with van der Waals surface area (Å²) in [6, 6.07) is 0. The second kappa shape index (κ2) is 5.37. The molecule has 1 aliphatic rings. The minimum Gasteiger partial charge on any atom is -0.394 e. The molecule has 3 heteroatoms. The Hall–Kier alpha value is -0.380. The quantitative estimate of drug-likeness (QED) is 0.673. The van der Waals surface area contributed by atoms with Crippen molar-refractivity contribution in [3.05, 3.63) is 12.2 Å². The van der Waals surface area contributed by atoms with E-state index in [1.54, 1.807) is 0 Å². The van der Waals surface area contributed by atoms with Crippen LogP contribution in [0, 0.1) is 5.92 Å². The Bertz CT molecular complexity index is 166. The van der Waals surface area contributed by atoms with Crippen molar-refractivity contribution in [2.75, 3.05) is 13.2 Å². The van der Waals surface area contributed by atoms with Crippen molar-refractivity contribution in [1.82, 2.24) is 0 Å². The summed E-state index contributed by atoms with van der Waals surface area (Å²) >= 11 is 0. The average Bonchev–Trinajstić information content (AvgIpc) is 2.52. The van der Waals surface area contributed by atoms with Crippen LogP contribution in [-0.4, -0.2) is 30.7 Å². The van der Waals surface area contributed by atoms with Gasteiger partial charge in [-0.1, -0.05) is 26.0 Å². The van der Waals surface area contributed by atoms with Crippen LogP contribution in [0.3, 0.4) is 0 Å². The Morgan fingerprint density at radius 1 is 1.54 bits per heavy atom. The fraction of sp³-hybridized carbons (Fsp3) is 0.800. The van der Waals surface area contributed by atoms with Crippen LogP contribution in [0.5, 0.6) is 0 Å². The van der Waals surface area contributed by atoms with Gasteiger partial charge in [-0.05, 0) is 5.92 Å². The molecule has 0 aliphatic carbocycles. The maximum atomic E-state index is 8.77. The molecule has 1 aliphatic heterocycles. The second-order valence-electron chi connectivity index (χ2n) is 3.61. The molecule has 1 fully saturated rings. The number of aliphatic hydroxyl groups excluding tert-OH is 1. The van der Waals surface area contributed by atoms with Gasteiger partial charge in [-0.25, -0.2) is 0 Å². The van der Waals surface area contributed by atoms with Gasteiger partial charge in [-0.3, -0.25) is 0 Å². The molecule has 0 aromatic carbocycles. The largest absolute Gasteiger partial charge is 0.394 e. The lowest BCUT2D eigenvalue weighted by atomic mass is 10.2. The molecule has 76 valence electrons. The molecule has 0 amide bonds. The third kappa shape index (κ3) is 3.89. The van der Waals surface area contributed by atoms with Crippen LogP contribution >= 0.6 is 0 Å². The highest BCUT2D eigenvalue weighted by atomic mass is 16.7. The lowest BCUT2D eigenvalue weighted by Gasteiger charge is -2.07. The monoisotopic (exact) mass is 186 g/mol. The van der Waals surface area contributed by atoms with Crippen molar-refractivity contribution in [1.29, 1.82) is 0 Å². The minimum absolute atomic E-state index is 0.0460. The SMILES string of the molecule is CC(C)C=CCC1OCC(CO)O1. The van der Waals surface area contributed by atoms with Gasteiger partial charge >= 0.3 is 0 Å². The van der Waals surface area contributed by atoms with Crippen molar-refractivity contribution in [3.8, 4) is 0 Å². The number of aliphatic hydroxyl groups is 1. The fourth-order valence-corrected chi connectivity index (χ4v) is 1.19. The molecule has 1 rings (SSSR count). The van der Waals surface area contributed by atoms with Crippen molar-refractivity contribution in [3.63, 3.8) is 0 Å². The Balaban J connectivity index is 2.17. The summed E-state index contributed by atoms with van der Waals surface area (Å²) in [4.78, 5) is 0. The second-order valence-corrected chi connectivity index (χ2v) is 3.61. The molecule has 1 N–H and O–H groups in total. The summed E-state index contributed by atoms with van der Waals surface area (Å²) in [7, 11) is 0. The molecule has 2 unspecified atom stereocenters. The lowest BCUT2D eigenvalue weighted by Crippen LogP contribution is -2.15. The molecular weight excluding hydrogens is 168 g/mol. The van der Waals surface area contributed by atoms with E-state index in [1.165, 1.54) is 0 Å². The zero-order valence-electron chi connectivity index (χ0n) is 8.27. The summed E-state index contributed by atoms with van der Waals surface area (Å²) in [5, 5.41) is 8.77. The molecule has 0 spiro atoms. The van der Waals surface area contributed by atoms with Gasteiger partial charge < -0.3 is 14.6 Å². The molecule has 0 saturated carbocycles. The van der Waals surface area contributed by atoms with E-state index in [4.69, 9.17) is 14.6 Å². The van der Waals surface area contributed by atoms with E-state index in [0.29, 0.717) is 12.5 Å². The third-order valence-corrected chi connectivity index (χ3v) is 1.87. The van der Waals surface area contributed by atoms with Gasteiger partial charge in [-0.2, -0.15) is 0 Å². The number of hydrogen-bond acceptors (Lipinski definition) is 3. The smallest absolute Gasteiger partial charge is 0.161 e. The van der Waals surface area contributed by atoms with Crippen molar-refractivity contribution >= 4 is 0 Å². The van der Waals surface area contributed by atoms with Crippen LogP contribution in [0.25, 0.3) is 0 Å². The van der Waals surface area contributed by atoms with Gasteiger partial charge in [0, 0.05) is 6.42 Å². The molecule has 1 saturated heterocycles. The van der Waals surface area contributed by atoms with Crippen molar-refractivity contribution in [2.45, 2.75) is 32.7 Å². The van der Waals surface area contributed by atoms with E-state index >= 15 is 0 Å². The molecule has 0 radical (unpaired) electrons. The number of hydrogen-bond donors (Lipinski definition) is 1. The Morgan fingerprint density at radius 3 is 2.85 bits per heavy atom. The standard InChI is InChI=1S/C10H18O3/c1-8(2)4-3-5-10-12-7-9(6-11)13-10/h3-4,8-11H,5-7H2,1-2H3. The number of allylic oxidation sites excluding steroid dienone is 1. The van der Waals surface area contributed by atoms with Crippen molar-refractivity contribution < 1.29 is 14.6 Å². The highest BCUT2D eigenvalue weighted by Gasteiger charge is 2.23. The molecule has 0 aromatic rings. The fourth-order valence-electron chi connectivity index (χ4n) is 1.19. The Labute approximate surface area is 79.3 Å². The van der Waals surface area contributed by atoms with Gasteiger partial charge in [0.25, 0.3) is 0 Å². The highest BCUT2D eigenvalue weighted by Crippen LogP contribution is 2.14. The van der Waals surface area contributed by atoms with Gasteiger partial charge in [-0.15, -0.1) is 0 Å². The summed E-state index contributed by atoms with van der Waals surface area (Å²) < 4.78 is 10.7. The summed E-state index contributed by atoms with van der Waals surface area (Å²) in [6.45, 7) is 4.81. The van der Waals surface area contributed by atoms with Crippen LogP contribution in [0.2, 0.25) is 0 Å². The third-order valence-electron chi connectivity index (χ3n) is 1.87. The topological polar surface area (TPSA) is 38.7 Å². The highest BCUT2D eigenvalue weighted by molar-refractivity contribution is 4.86. The molecule has 0 bridgehead atoms. The zero-order chi connectivity index (χ0) is 9.68. The molecule has 0 aromatic heterocycles. The Kier molecular flexibility index (Phi) is 4.42. The van der Waals surface area contributed by atoms with Crippen molar-refractivity contribution in [2.24, 2.45) is 5.92 Å². The van der Waals surface area contributed by atoms with Gasteiger partial charge in [0.05, 0.1) is 13.2 Å². The first-order valence-corrected chi connectivity index (χ1v) is 4.77. The van der Waals surface area contributed by atoms with Gasteiger partial charge in [0.2, 0.25) is 0 Å². The first-order valence-electron chi connectivity index (χ1n) is 4.77. The Morgan fingerprint density at radius 2 is 2.31 bits per heavy atom. The normalized spacial score (nSPS) is 29.2. The van der Waals surface area contributed by atoms with Crippen LogP contribution in [-0.2, 0) is 9.47 Å². The van der Waals surface area contributed by atoms with Crippen LogP contribution in [0.1, 0.15) is 20.3 Å². The molecule has 13 heavy (non-hydrogen) atoms. The first-order chi connectivity index (χ1) is 6.22. The number of rotatable bonds is 4. The average molecular weight is 186 g/mol. The minimum atomic E-state index is -0.160. The molecule has 1 heterocycles. The van der Waals surface area contributed by atoms with Crippen LogP contribution in [0.15, 0.2) is 12.2 Å². The summed E-state index contributed by atoms with van der Waals surface area (Å²) in [5.41, 5.74) is 0. The predicted molar refractivity (Wildman–Crippen MR) is 50.3 cm³/mol. The first kappa shape index (κ1) is 10.7. The van der Waals surface area contributed by atoms with E-state index in [9.17, 15) is 0 Å². The molecular formula is C10H18O3. The maximum absolute atomic E-state index is 8.77. The van der Waals surface area contributed by atoms with Gasteiger partial charge in [0.15, 0.2) is 6.29 Å². The van der Waals surface area contributed by atoms with Crippen LogP contribution < -0.4 is 0 Å². The van der Waals surface area contributed by atoms with E-state index in [-0.39, 0.29) is 19.0 Å². The van der Waals surface area contributed by atoms with E-state index < -0.39 is 0 Å². The predicted octanol–water partition coefficient (Wildman–Crippen LogP) is 1.32. The summed E-state index contributed by atoms with van der Waals surface area (Å²) in [6.07, 6.45) is 4.67. The summed E-state index contributed by atoms with van der Waals surface area (Å²) in [5.74, 6) is 0.565. The maximum Gasteiger partial charge on any atom is 0.161 e.